The van der Waals surface area contributed by atoms with Gasteiger partial charge in [0.1, 0.15) is 0 Å². The third kappa shape index (κ3) is 2.64. The van der Waals surface area contributed by atoms with Gasteiger partial charge in [0.25, 0.3) is 5.56 Å². The van der Waals surface area contributed by atoms with Gasteiger partial charge < -0.3 is 0 Å². The van der Waals surface area contributed by atoms with E-state index < -0.39 is 22.8 Å². The molecule has 2 rings (SSSR count). The molecule has 1 aromatic heterocycles. The molecule has 1 N–H and O–H groups in total. The molecule has 0 aliphatic carbocycles. The van der Waals surface area contributed by atoms with Crippen LogP contribution in [0.4, 0.5) is 13.2 Å². The summed E-state index contributed by atoms with van der Waals surface area (Å²) in [5.41, 5.74) is -1.48. The monoisotopic (exact) mass is 284 g/mol. The molecule has 108 valence electrons. The number of H-pyrrole nitrogens is 1. The lowest BCUT2D eigenvalue weighted by Gasteiger charge is -2.24. The van der Waals surface area contributed by atoms with Crippen LogP contribution in [0, 0.1) is 0 Å². The zero-order valence-corrected chi connectivity index (χ0v) is 11.4. The Morgan fingerprint density at radius 2 is 1.70 bits per heavy atom. The summed E-state index contributed by atoms with van der Waals surface area (Å²) in [5.74, 6) is 0. The number of rotatable bonds is 1. The van der Waals surface area contributed by atoms with Crippen molar-refractivity contribution in [2.45, 2.75) is 32.5 Å². The van der Waals surface area contributed by atoms with Crippen molar-refractivity contribution >= 4 is 0 Å². The van der Waals surface area contributed by atoms with Crippen LogP contribution in [0.5, 0.6) is 0 Å². The van der Waals surface area contributed by atoms with Crippen molar-refractivity contribution < 1.29 is 13.2 Å². The van der Waals surface area contributed by atoms with Crippen LogP contribution in [-0.4, -0.2) is 9.78 Å². The average molecular weight is 284 g/mol. The molecular weight excluding hydrogens is 269 g/mol. The number of nitrogens with one attached hydrogen (secondary N) is 1. The van der Waals surface area contributed by atoms with Crippen LogP contribution in [0.1, 0.15) is 26.3 Å². The van der Waals surface area contributed by atoms with E-state index in [0.29, 0.717) is 0 Å². The first-order valence-corrected chi connectivity index (χ1v) is 6.10. The quantitative estimate of drug-likeness (QED) is 0.853. The minimum atomic E-state index is -4.47. The summed E-state index contributed by atoms with van der Waals surface area (Å²) < 4.78 is 40.7. The first-order chi connectivity index (χ1) is 9.10. The molecule has 1 aromatic carbocycles. The Labute approximate surface area is 114 Å². The average Bonchev–Trinajstić information content (AvgIpc) is 2.70. The molecule has 0 bridgehead atoms. The summed E-state index contributed by atoms with van der Waals surface area (Å²) in [6, 6.07) is 6.43. The predicted molar refractivity (Wildman–Crippen MR) is 70.5 cm³/mol. The van der Waals surface area contributed by atoms with Gasteiger partial charge in [-0.1, -0.05) is 18.2 Å². The molecule has 1 heterocycles. The summed E-state index contributed by atoms with van der Waals surface area (Å²) in [5, 5.41) is 2.56. The predicted octanol–water partition coefficient (Wildman–Crippen LogP) is 3.62. The standard InChI is InChI=1S/C14H15F3N2O/c1-13(2,3)19-11(8-12(20)18-19)9-6-4-5-7-10(9)14(15,16)17/h4-8H,1-3H3,(H,18,20). The minimum absolute atomic E-state index is 0.00623. The molecule has 0 amide bonds. The lowest BCUT2D eigenvalue weighted by Crippen LogP contribution is -2.25. The molecule has 0 atom stereocenters. The van der Waals surface area contributed by atoms with Crippen LogP contribution < -0.4 is 5.56 Å². The van der Waals surface area contributed by atoms with E-state index in [1.807, 2.05) is 20.8 Å². The van der Waals surface area contributed by atoms with Gasteiger partial charge in [-0.3, -0.25) is 14.6 Å². The SMILES string of the molecule is CC(C)(C)n1[nH]c(=O)cc1-c1ccccc1C(F)(F)F. The highest BCUT2D eigenvalue weighted by Gasteiger charge is 2.34. The first kappa shape index (κ1) is 14.4. The molecule has 2 aromatic rings. The number of aromatic nitrogens is 2. The lowest BCUT2D eigenvalue weighted by molar-refractivity contribution is -0.137. The molecule has 6 heteroatoms. The normalized spacial score (nSPS) is 12.7. The van der Waals surface area contributed by atoms with Crippen molar-refractivity contribution in [2.75, 3.05) is 0 Å². The van der Waals surface area contributed by atoms with Gasteiger partial charge in [0.05, 0.1) is 16.8 Å². The fourth-order valence-electron chi connectivity index (χ4n) is 2.07. The number of hydrogen-bond acceptors (Lipinski definition) is 1. The molecular formula is C14H15F3N2O. The molecule has 0 fully saturated rings. The Hall–Kier alpha value is -1.98. The minimum Gasteiger partial charge on any atom is -0.279 e. The van der Waals surface area contributed by atoms with Crippen LogP contribution in [0.25, 0.3) is 11.3 Å². The smallest absolute Gasteiger partial charge is 0.279 e. The maximum Gasteiger partial charge on any atom is 0.417 e. The maximum atomic E-state index is 13.1. The molecule has 0 aliphatic rings. The second-order valence-electron chi connectivity index (χ2n) is 5.56. The number of alkyl halides is 3. The van der Waals surface area contributed by atoms with Crippen LogP contribution >= 0.6 is 0 Å². The molecule has 0 aliphatic heterocycles. The Morgan fingerprint density at radius 3 is 2.25 bits per heavy atom. The fourth-order valence-corrected chi connectivity index (χ4v) is 2.07. The number of halogens is 3. The van der Waals surface area contributed by atoms with Crippen molar-refractivity contribution in [2.24, 2.45) is 0 Å². The lowest BCUT2D eigenvalue weighted by atomic mass is 10.0. The van der Waals surface area contributed by atoms with Crippen molar-refractivity contribution in [3.8, 4) is 11.3 Å². The van der Waals surface area contributed by atoms with Crippen LogP contribution in [-0.2, 0) is 11.7 Å². The van der Waals surface area contributed by atoms with Crippen molar-refractivity contribution in [1.82, 2.24) is 9.78 Å². The van der Waals surface area contributed by atoms with Crippen LogP contribution in [0.15, 0.2) is 35.1 Å². The first-order valence-electron chi connectivity index (χ1n) is 6.10. The Bertz CT molecular complexity index is 675. The van der Waals surface area contributed by atoms with E-state index in [1.54, 1.807) is 0 Å². The van der Waals surface area contributed by atoms with E-state index in [1.165, 1.54) is 28.9 Å². The zero-order chi connectivity index (χ0) is 15.1. The van der Waals surface area contributed by atoms with Gasteiger partial charge in [-0.05, 0) is 26.8 Å². The highest BCUT2D eigenvalue weighted by molar-refractivity contribution is 5.65. The topological polar surface area (TPSA) is 37.8 Å². The summed E-state index contributed by atoms with van der Waals surface area (Å²) in [4.78, 5) is 11.5. The molecule has 0 saturated carbocycles. The fraction of sp³-hybridized carbons (Fsp3) is 0.357. The molecule has 3 nitrogen and oxygen atoms in total. The summed E-state index contributed by atoms with van der Waals surface area (Å²) in [7, 11) is 0. The van der Waals surface area contributed by atoms with Crippen molar-refractivity contribution in [3.63, 3.8) is 0 Å². The van der Waals surface area contributed by atoms with Gasteiger partial charge in [-0.2, -0.15) is 13.2 Å². The van der Waals surface area contributed by atoms with Gasteiger partial charge >= 0.3 is 6.18 Å². The number of hydrogen-bond donors (Lipinski definition) is 1. The zero-order valence-electron chi connectivity index (χ0n) is 11.4. The van der Waals surface area contributed by atoms with Crippen molar-refractivity contribution in [3.05, 3.63) is 46.2 Å². The van der Waals surface area contributed by atoms with Crippen LogP contribution in [0.3, 0.4) is 0 Å². The highest BCUT2D eigenvalue weighted by atomic mass is 19.4. The molecule has 0 spiro atoms. The number of nitrogens with zero attached hydrogens (tertiary/aromatic N) is 1. The van der Waals surface area contributed by atoms with E-state index in [0.717, 1.165) is 6.07 Å². The largest absolute Gasteiger partial charge is 0.417 e. The van der Waals surface area contributed by atoms with Gasteiger partial charge in [0, 0.05) is 11.6 Å². The molecule has 0 unspecified atom stereocenters. The Balaban J connectivity index is 2.74. The van der Waals surface area contributed by atoms with E-state index in [2.05, 4.69) is 5.10 Å². The maximum absolute atomic E-state index is 13.1. The van der Waals surface area contributed by atoms with Gasteiger partial charge in [0.15, 0.2) is 0 Å². The second kappa shape index (κ2) is 4.54. The van der Waals surface area contributed by atoms with E-state index in [-0.39, 0.29) is 11.3 Å². The van der Waals surface area contributed by atoms with E-state index >= 15 is 0 Å². The summed E-state index contributed by atoms with van der Waals surface area (Å²) in [6.45, 7) is 5.42. The van der Waals surface area contributed by atoms with Crippen LogP contribution in [0.2, 0.25) is 0 Å². The molecule has 0 radical (unpaired) electrons. The Kier molecular flexibility index (Phi) is 3.28. The van der Waals surface area contributed by atoms with Gasteiger partial charge in [0.2, 0.25) is 0 Å². The molecule has 0 saturated heterocycles. The summed E-state index contributed by atoms with van der Waals surface area (Å²) >= 11 is 0. The van der Waals surface area contributed by atoms with E-state index in [9.17, 15) is 18.0 Å². The van der Waals surface area contributed by atoms with E-state index in [4.69, 9.17) is 0 Å². The molecule has 20 heavy (non-hydrogen) atoms. The Morgan fingerprint density at radius 1 is 1.10 bits per heavy atom. The van der Waals surface area contributed by atoms with Gasteiger partial charge in [-0.25, -0.2) is 0 Å². The van der Waals surface area contributed by atoms with Gasteiger partial charge in [-0.15, -0.1) is 0 Å². The number of benzene rings is 1. The number of aromatic amines is 1. The highest BCUT2D eigenvalue weighted by Crippen LogP contribution is 2.37. The third-order valence-corrected chi connectivity index (χ3v) is 2.91. The van der Waals surface area contributed by atoms with Crippen molar-refractivity contribution in [1.29, 1.82) is 0 Å². The second-order valence-corrected chi connectivity index (χ2v) is 5.56. The third-order valence-electron chi connectivity index (χ3n) is 2.91. The summed E-state index contributed by atoms with van der Waals surface area (Å²) in [6.07, 6.45) is -4.47.